The summed E-state index contributed by atoms with van der Waals surface area (Å²) >= 11 is 0. The predicted molar refractivity (Wildman–Crippen MR) is 81.3 cm³/mol. The Kier molecular flexibility index (Phi) is 5.80. The largest absolute Gasteiger partial charge is 0.314 e. The Hall–Kier alpha value is -0.210. The first-order valence-corrected chi connectivity index (χ1v) is 9.25. The predicted octanol–water partition coefficient (Wildman–Crippen LogP) is -0.706. The molecule has 1 aliphatic carbocycles. The standard InChI is InChI=1S/C13H28N4O2S/c1-12(16(2)13-3-4-13)11-15-20(18,19)10-9-17-7-5-14-6-8-17/h12-15H,3-11H2,1-2H3. The third kappa shape index (κ3) is 5.29. The molecule has 0 aromatic heterocycles. The molecule has 1 aliphatic heterocycles. The number of piperazine rings is 1. The lowest BCUT2D eigenvalue weighted by molar-refractivity contribution is 0.247. The first-order chi connectivity index (χ1) is 9.48. The normalized spacial score (nSPS) is 23.1. The van der Waals surface area contributed by atoms with E-state index in [1.54, 1.807) is 0 Å². The number of sulfonamides is 1. The van der Waals surface area contributed by atoms with Crippen molar-refractivity contribution in [1.29, 1.82) is 0 Å². The Labute approximate surface area is 122 Å². The van der Waals surface area contributed by atoms with Crippen molar-refractivity contribution in [3.63, 3.8) is 0 Å². The van der Waals surface area contributed by atoms with Gasteiger partial charge in [-0.1, -0.05) is 0 Å². The van der Waals surface area contributed by atoms with Crippen molar-refractivity contribution < 1.29 is 8.42 Å². The highest BCUT2D eigenvalue weighted by atomic mass is 32.2. The molecule has 118 valence electrons. The summed E-state index contributed by atoms with van der Waals surface area (Å²) in [5, 5.41) is 3.27. The van der Waals surface area contributed by atoms with E-state index in [9.17, 15) is 8.42 Å². The number of hydrogen-bond donors (Lipinski definition) is 2. The van der Waals surface area contributed by atoms with E-state index in [1.165, 1.54) is 12.8 Å². The summed E-state index contributed by atoms with van der Waals surface area (Å²) in [4.78, 5) is 4.48. The van der Waals surface area contributed by atoms with E-state index in [-0.39, 0.29) is 11.8 Å². The SMILES string of the molecule is CC(CNS(=O)(=O)CCN1CCNCC1)N(C)C1CC1. The van der Waals surface area contributed by atoms with Crippen molar-refractivity contribution >= 4 is 10.0 Å². The van der Waals surface area contributed by atoms with Crippen LogP contribution in [0.3, 0.4) is 0 Å². The van der Waals surface area contributed by atoms with Gasteiger partial charge >= 0.3 is 0 Å². The maximum atomic E-state index is 12.0. The van der Waals surface area contributed by atoms with Gasteiger partial charge in [0.15, 0.2) is 0 Å². The van der Waals surface area contributed by atoms with Gasteiger partial charge in [-0.25, -0.2) is 13.1 Å². The maximum Gasteiger partial charge on any atom is 0.212 e. The monoisotopic (exact) mass is 304 g/mol. The molecule has 0 bridgehead atoms. The van der Waals surface area contributed by atoms with E-state index in [0.29, 0.717) is 19.1 Å². The van der Waals surface area contributed by atoms with Crippen LogP contribution in [0.4, 0.5) is 0 Å². The Balaban J connectivity index is 1.67. The molecule has 1 atom stereocenters. The first-order valence-electron chi connectivity index (χ1n) is 7.60. The molecule has 1 heterocycles. The van der Waals surface area contributed by atoms with Crippen LogP contribution in [0.5, 0.6) is 0 Å². The number of hydrogen-bond acceptors (Lipinski definition) is 5. The summed E-state index contributed by atoms with van der Waals surface area (Å²) in [6, 6.07) is 0.923. The molecular weight excluding hydrogens is 276 g/mol. The van der Waals surface area contributed by atoms with Crippen molar-refractivity contribution in [1.82, 2.24) is 19.8 Å². The zero-order chi connectivity index (χ0) is 14.6. The van der Waals surface area contributed by atoms with Gasteiger partial charge < -0.3 is 5.32 Å². The average molecular weight is 304 g/mol. The smallest absolute Gasteiger partial charge is 0.212 e. The van der Waals surface area contributed by atoms with Gasteiger partial charge in [0.05, 0.1) is 5.75 Å². The molecule has 20 heavy (non-hydrogen) atoms. The fourth-order valence-electron chi connectivity index (χ4n) is 2.49. The van der Waals surface area contributed by atoms with Gasteiger partial charge in [0.1, 0.15) is 0 Å². The quantitative estimate of drug-likeness (QED) is 0.620. The zero-order valence-corrected chi connectivity index (χ0v) is 13.5. The fourth-order valence-corrected chi connectivity index (χ4v) is 3.63. The summed E-state index contributed by atoms with van der Waals surface area (Å²) < 4.78 is 26.8. The molecule has 0 amide bonds. The molecule has 0 aromatic carbocycles. The molecule has 6 nitrogen and oxygen atoms in total. The van der Waals surface area contributed by atoms with Gasteiger partial charge in [0.25, 0.3) is 0 Å². The molecule has 1 unspecified atom stereocenters. The minimum absolute atomic E-state index is 0.201. The lowest BCUT2D eigenvalue weighted by Crippen LogP contribution is -2.47. The Morgan fingerprint density at radius 2 is 2.00 bits per heavy atom. The Bertz CT molecular complexity index is 391. The number of likely N-dealkylation sites (N-methyl/N-ethyl adjacent to an activating group) is 1. The molecule has 2 N–H and O–H groups in total. The van der Waals surface area contributed by atoms with Crippen LogP contribution in [-0.4, -0.2) is 82.4 Å². The van der Waals surface area contributed by atoms with Crippen molar-refractivity contribution in [2.45, 2.75) is 31.8 Å². The second kappa shape index (κ2) is 7.17. The van der Waals surface area contributed by atoms with Gasteiger partial charge in [-0.2, -0.15) is 0 Å². The molecule has 2 fully saturated rings. The molecule has 0 spiro atoms. The zero-order valence-electron chi connectivity index (χ0n) is 12.6. The minimum Gasteiger partial charge on any atom is -0.314 e. The van der Waals surface area contributed by atoms with Gasteiger partial charge in [-0.15, -0.1) is 0 Å². The topological polar surface area (TPSA) is 64.7 Å². The van der Waals surface area contributed by atoms with Crippen LogP contribution >= 0.6 is 0 Å². The average Bonchev–Trinajstić information content (AvgIpc) is 3.28. The van der Waals surface area contributed by atoms with Crippen molar-refractivity contribution in [2.24, 2.45) is 0 Å². The molecule has 7 heteroatoms. The second-order valence-electron chi connectivity index (χ2n) is 6.00. The summed E-state index contributed by atoms with van der Waals surface area (Å²) in [6.45, 7) is 7.01. The van der Waals surface area contributed by atoms with Crippen LogP contribution in [0.1, 0.15) is 19.8 Å². The van der Waals surface area contributed by atoms with E-state index in [1.807, 2.05) is 0 Å². The molecule has 1 saturated heterocycles. The van der Waals surface area contributed by atoms with Crippen LogP contribution in [0.25, 0.3) is 0 Å². The lowest BCUT2D eigenvalue weighted by atomic mass is 10.3. The van der Waals surface area contributed by atoms with Gasteiger partial charge in [-0.3, -0.25) is 9.80 Å². The third-order valence-electron chi connectivity index (χ3n) is 4.30. The van der Waals surface area contributed by atoms with Crippen LogP contribution < -0.4 is 10.0 Å². The summed E-state index contributed by atoms with van der Waals surface area (Å²) in [5.74, 6) is 0.201. The van der Waals surface area contributed by atoms with Crippen LogP contribution in [0.2, 0.25) is 0 Å². The summed E-state index contributed by atoms with van der Waals surface area (Å²) in [6.07, 6.45) is 2.49. The molecule has 0 radical (unpaired) electrons. The molecule has 0 aromatic rings. The van der Waals surface area contributed by atoms with Gasteiger partial charge in [0, 0.05) is 51.4 Å². The fraction of sp³-hybridized carbons (Fsp3) is 1.00. The van der Waals surface area contributed by atoms with E-state index < -0.39 is 10.0 Å². The van der Waals surface area contributed by atoms with Crippen molar-refractivity contribution in [3.05, 3.63) is 0 Å². The van der Waals surface area contributed by atoms with Crippen LogP contribution in [0.15, 0.2) is 0 Å². The highest BCUT2D eigenvalue weighted by molar-refractivity contribution is 7.89. The van der Waals surface area contributed by atoms with Crippen LogP contribution in [-0.2, 0) is 10.0 Å². The van der Waals surface area contributed by atoms with Crippen LogP contribution in [0, 0.1) is 0 Å². The highest BCUT2D eigenvalue weighted by Crippen LogP contribution is 2.26. The minimum atomic E-state index is -3.15. The van der Waals surface area contributed by atoms with Crippen molar-refractivity contribution in [3.8, 4) is 0 Å². The lowest BCUT2D eigenvalue weighted by Gasteiger charge is -2.27. The molecule has 2 aliphatic rings. The third-order valence-corrected chi connectivity index (χ3v) is 5.63. The second-order valence-corrected chi connectivity index (χ2v) is 7.93. The van der Waals surface area contributed by atoms with E-state index in [2.05, 4.69) is 33.8 Å². The van der Waals surface area contributed by atoms with Gasteiger partial charge in [0.2, 0.25) is 10.0 Å². The number of nitrogens with zero attached hydrogens (tertiary/aromatic N) is 2. The van der Waals surface area contributed by atoms with E-state index >= 15 is 0 Å². The summed E-state index contributed by atoms with van der Waals surface area (Å²) in [5.41, 5.74) is 0. The molecule has 2 rings (SSSR count). The summed E-state index contributed by atoms with van der Waals surface area (Å²) in [7, 11) is -1.07. The molecule has 1 saturated carbocycles. The number of rotatable bonds is 8. The van der Waals surface area contributed by atoms with E-state index in [4.69, 9.17) is 0 Å². The number of nitrogens with one attached hydrogen (secondary N) is 2. The Morgan fingerprint density at radius 1 is 1.35 bits per heavy atom. The van der Waals surface area contributed by atoms with Crippen molar-refractivity contribution in [2.75, 3.05) is 52.1 Å². The van der Waals surface area contributed by atoms with E-state index in [0.717, 1.165) is 26.2 Å². The Morgan fingerprint density at radius 3 is 2.60 bits per heavy atom. The molecular formula is C13H28N4O2S. The maximum absolute atomic E-state index is 12.0. The highest BCUT2D eigenvalue weighted by Gasteiger charge is 2.29. The first kappa shape index (κ1) is 16.2. The van der Waals surface area contributed by atoms with Gasteiger partial charge in [-0.05, 0) is 26.8 Å².